The molecule has 0 unspecified atom stereocenters. The van der Waals surface area contributed by atoms with E-state index >= 15 is 0 Å². The first-order valence-electron chi connectivity index (χ1n) is 7.01. The third-order valence-corrected chi connectivity index (χ3v) is 4.19. The zero-order chi connectivity index (χ0) is 14.7. The molecule has 0 aliphatic heterocycles. The van der Waals surface area contributed by atoms with E-state index in [2.05, 4.69) is 11.4 Å². The highest BCUT2D eigenvalue weighted by Gasteiger charge is 2.32. The Labute approximate surface area is 128 Å². The van der Waals surface area contributed by atoms with E-state index in [-0.39, 0.29) is 12.5 Å². The van der Waals surface area contributed by atoms with Crippen LogP contribution in [0.1, 0.15) is 18.4 Å². The molecule has 2 aromatic rings. The molecule has 1 saturated carbocycles. The number of thiophene rings is 1. The Morgan fingerprint density at radius 3 is 2.90 bits per heavy atom. The molecule has 4 nitrogen and oxygen atoms in total. The average molecular weight is 302 g/mol. The lowest BCUT2D eigenvalue weighted by Crippen LogP contribution is -2.36. The van der Waals surface area contributed by atoms with Crippen LogP contribution in [0.4, 0.5) is 5.69 Å². The lowest BCUT2D eigenvalue weighted by Gasteiger charge is -2.22. The number of nitrogen functional groups attached to an aromatic ring is 1. The van der Waals surface area contributed by atoms with E-state index in [4.69, 9.17) is 10.5 Å². The molecular weight excluding hydrogens is 284 g/mol. The number of carbonyl (C=O) groups excluding carboxylic acids is 1. The van der Waals surface area contributed by atoms with E-state index in [1.54, 1.807) is 23.5 Å². The number of hydrogen-bond acceptors (Lipinski definition) is 4. The summed E-state index contributed by atoms with van der Waals surface area (Å²) in [5.41, 5.74) is 7.52. The van der Waals surface area contributed by atoms with Crippen molar-refractivity contribution < 1.29 is 9.53 Å². The van der Waals surface area contributed by atoms with Gasteiger partial charge in [0.25, 0.3) is 5.91 Å². The molecule has 21 heavy (non-hydrogen) atoms. The monoisotopic (exact) mass is 302 g/mol. The van der Waals surface area contributed by atoms with Gasteiger partial charge in [0.05, 0.1) is 0 Å². The Balaban J connectivity index is 1.59. The quantitative estimate of drug-likeness (QED) is 0.835. The molecule has 3 rings (SSSR count). The first kappa shape index (κ1) is 13.9. The maximum absolute atomic E-state index is 12.4. The summed E-state index contributed by atoms with van der Waals surface area (Å²) in [7, 11) is 0. The molecule has 2 N–H and O–H groups in total. The standard InChI is InChI=1S/C16H18N2O2S/c17-13-2-1-3-15(8-13)20-10-16(19)18(14-4-5-14)9-12-6-7-21-11-12/h1-3,6-8,11,14H,4-5,9-10,17H2. The van der Waals surface area contributed by atoms with Crippen LogP contribution in [0.15, 0.2) is 41.1 Å². The molecule has 1 aliphatic rings. The van der Waals surface area contributed by atoms with Gasteiger partial charge in [-0.25, -0.2) is 0 Å². The number of hydrogen-bond donors (Lipinski definition) is 1. The summed E-state index contributed by atoms with van der Waals surface area (Å²) in [6, 6.07) is 9.59. The fourth-order valence-corrected chi connectivity index (χ4v) is 2.88. The van der Waals surface area contributed by atoms with E-state index in [0.717, 1.165) is 12.8 Å². The van der Waals surface area contributed by atoms with Crippen LogP contribution in [-0.2, 0) is 11.3 Å². The predicted molar refractivity (Wildman–Crippen MR) is 84.2 cm³/mol. The van der Waals surface area contributed by atoms with Gasteiger partial charge in [0.15, 0.2) is 6.61 Å². The topological polar surface area (TPSA) is 55.6 Å². The van der Waals surface area contributed by atoms with Gasteiger partial charge < -0.3 is 15.4 Å². The van der Waals surface area contributed by atoms with Gasteiger partial charge in [-0.05, 0) is 47.4 Å². The molecule has 5 heteroatoms. The molecule has 0 saturated heterocycles. The summed E-state index contributed by atoms with van der Waals surface area (Å²) in [6.45, 7) is 0.734. The normalized spacial score (nSPS) is 13.9. The van der Waals surface area contributed by atoms with Gasteiger partial charge in [-0.15, -0.1) is 0 Å². The van der Waals surface area contributed by atoms with Gasteiger partial charge >= 0.3 is 0 Å². The summed E-state index contributed by atoms with van der Waals surface area (Å²) in [4.78, 5) is 14.3. The Kier molecular flexibility index (Phi) is 4.10. The Bertz CT molecular complexity index is 608. The minimum atomic E-state index is 0.0334. The van der Waals surface area contributed by atoms with Crippen molar-refractivity contribution in [3.63, 3.8) is 0 Å². The van der Waals surface area contributed by atoms with Crippen molar-refractivity contribution in [1.29, 1.82) is 0 Å². The van der Waals surface area contributed by atoms with Gasteiger partial charge in [0, 0.05) is 24.3 Å². The van der Waals surface area contributed by atoms with Crippen LogP contribution in [0.25, 0.3) is 0 Å². The van der Waals surface area contributed by atoms with Crippen molar-refractivity contribution in [2.75, 3.05) is 12.3 Å². The zero-order valence-electron chi connectivity index (χ0n) is 11.7. The maximum atomic E-state index is 12.4. The average Bonchev–Trinajstić information content (AvgIpc) is 3.19. The molecular formula is C16H18N2O2S. The predicted octanol–water partition coefficient (Wildman–Crippen LogP) is 2.90. The van der Waals surface area contributed by atoms with E-state index in [0.29, 0.717) is 24.0 Å². The first-order chi connectivity index (χ1) is 10.2. The highest BCUT2D eigenvalue weighted by atomic mass is 32.1. The minimum Gasteiger partial charge on any atom is -0.484 e. The fraction of sp³-hybridized carbons (Fsp3) is 0.312. The van der Waals surface area contributed by atoms with Crippen LogP contribution in [0.3, 0.4) is 0 Å². The number of amides is 1. The van der Waals surface area contributed by atoms with Crippen LogP contribution in [0.2, 0.25) is 0 Å². The number of rotatable bonds is 6. The van der Waals surface area contributed by atoms with Crippen molar-refractivity contribution in [3.8, 4) is 5.75 Å². The van der Waals surface area contributed by atoms with Crippen molar-refractivity contribution in [3.05, 3.63) is 46.7 Å². The molecule has 0 atom stereocenters. The maximum Gasteiger partial charge on any atom is 0.261 e. The van der Waals surface area contributed by atoms with Gasteiger partial charge in [-0.3, -0.25) is 4.79 Å². The van der Waals surface area contributed by atoms with Crippen molar-refractivity contribution in [1.82, 2.24) is 4.90 Å². The Morgan fingerprint density at radius 1 is 1.38 bits per heavy atom. The molecule has 1 aromatic heterocycles. The van der Waals surface area contributed by atoms with E-state index < -0.39 is 0 Å². The number of ether oxygens (including phenoxy) is 1. The Morgan fingerprint density at radius 2 is 2.24 bits per heavy atom. The highest BCUT2D eigenvalue weighted by Crippen LogP contribution is 2.29. The SMILES string of the molecule is Nc1cccc(OCC(=O)N(Cc2ccsc2)C2CC2)c1. The fourth-order valence-electron chi connectivity index (χ4n) is 2.22. The third kappa shape index (κ3) is 3.76. The molecule has 0 bridgehead atoms. The first-order valence-corrected chi connectivity index (χ1v) is 7.95. The minimum absolute atomic E-state index is 0.0334. The third-order valence-electron chi connectivity index (χ3n) is 3.46. The molecule has 1 aliphatic carbocycles. The molecule has 1 aromatic carbocycles. The summed E-state index contributed by atoms with van der Waals surface area (Å²) in [5.74, 6) is 0.667. The number of nitrogens with zero attached hydrogens (tertiary/aromatic N) is 1. The number of nitrogens with two attached hydrogens (primary N) is 1. The summed E-state index contributed by atoms with van der Waals surface area (Å²) in [5, 5.41) is 4.12. The van der Waals surface area contributed by atoms with Crippen LogP contribution in [0.5, 0.6) is 5.75 Å². The zero-order valence-corrected chi connectivity index (χ0v) is 12.5. The van der Waals surface area contributed by atoms with Crippen LogP contribution >= 0.6 is 11.3 Å². The second-order valence-corrected chi connectivity index (χ2v) is 6.03. The van der Waals surface area contributed by atoms with Crippen molar-refractivity contribution in [2.45, 2.75) is 25.4 Å². The van der Waals surface area contributed by atoms with Crippen molar-refractivity contribution >= 4 is 22.9 Å². The molecule has 0 radical (unpaired) electrons. The van der Waals surface area contributed by atoms with E-state index in [1.165, 1.54) is 5.56 Å². The van der Waals surface area contributed by atoms with Crippen molar-refractivity contribution in [2.24, 2.45) is 0 Å². The molecule has 1 amide bonds. The smallest absolute Gasteiger partial charge is 0.261 e. The number of carbonyl (C=O) groups is 1. The lowest BCUT2D eigenvalue weighted by molar-refractivity contribution is -0.134. The molecule has 110 valence electrons. The molecule has 1 heterocycles. The van der Waals surface area contributed by atoms with Gasteiger partial charge in [0.1, 0.15) is 5.75 Å². The summed E-state index contributed by atoms with van der Waals surface area (Å²) >= 11 is 1.65. The van der Waals surface area contributed by atoms with E-state index in [1.807, 2.05) is 22.4 Å². The largest absolute Gasteiger partial charge is 0.484 e. The number of benzene rings is 1. The lowest BCUT2D eigenvalue weighted by atomic mass is 10.3. The molecule has 0 spiro atoms. The summed E-state index contributed by atoms with van der Waals surface area (Å²) in [6.07, 6.45) is 2.18. The number of anilines is 1. The Hall–Kier alpha value is -2.01. The van der Waals surface area contributed by atoms with Gasteiger partial charge in [-0.2, -0.15) is 11.3 Å². The highest BCUT2D eigenvalue weighted by molar-refractivity contribution is 7.07. The second-order valence-electron chi connectivity index (χ2n) is 5.25. The van der Waals surface area contributed by atoms with Gasteiger partial charge in [0.2, 0.25) is 0 Å². The molecule has 1 fully saturated rings. The van der Waals surface area contributed by atoms with Crippen LogP contribution in [-0.4, -0.2) is 23.5 Å². The van der Waals surface area contributed by atoms with Gasteiger partial charge in [-0.1, -0.05) is 6.07 Å². The summed E-state index contributed by atoms with van der Waals surface area (Å²) < 4.78 is 5.56. The van der Waals surface area contributed by atoms with Crippen LogP contribution < -0.4 is 10.5 Å². The van der Waals surface area contributed by atoms with Crippen LogP contribution in [0, 0.1) is 0 Å². The van der Waals surface area contributed by atoms with E-state index in [9.17, 15) is 4.79 Å². The second kappa shape index (κ2) is 6.18.